The van der Waals surface area contributed by atoms with Gasteiger partial charge in [0.25, 0.3) is 0 Å². The fourth-order valence-corrected chi connectivity index (χ4v) is 0.884. The molecular weight excluding hydrogens is 176 g/mol. The summed E-state index contributed by atoms with van der Waals surface area (Å²) in [6.45, 7) is 2.53. The molecule has 72 valence electrons. The minimum atomic E-state index is -0.776. The molecule has 0 bridgehead atoms. The van der Waals surface area contributed by atoms with Crippen molar-refractivity contribution in [1.82, 2.24) is 5.32 Å². The Kier molecular flexibility index (Phi) is 2.84. The first-order chi connectivity index (χ1) is 6.09. The largest absolute Gasteiger partial charge is 0.436 e. The van der Waals surface area contributed by atoms with Gasteiger partial charge in [0.15, 0.2) is 0 Å². The quantitative estimate of drug-likeness (QED) is 0.582. The van der Waals surface area contributed by atoms with Gasteiger partial charge < -0.3 is 14.8 Å². The van der Waals surface area contributed by atoms with Crippen LogP contribution in [0.5, 0.6) is 0 Å². The maximum Gasteiger partial charge on any atom is 0.304 e. The smallest absolute Gasteiger partial charge is 0.304 e. The molecule has 1 rings (SSSR count). The van der Waals surface area contributed by atoms with E-state index in [-0.39, 0.29) is 0 Å². The molecule has 0 aromatic rings. The fraction of sp³-hybridized carbons (Fsp3) is 0.571. The molecule has 1 aliphatic rings. The van der Waals surface area contributed by atoms with Crippen LogP contribution in [0.25, 0.3) is 0 Å². The summed E-state index contributed by atoms with van der Waals surface area (Å²) in [7, 11) is 0. The van der Waals surface area contributed by atoms with Crippen molar-refractivity contribution in [2.75, 3.05) is 0 Å². The molecule has 0 amide bonds. The first-order valence-electron chi connectivity index (χ1n) is 3.71. The lowest BCUT2D eigenvalue weighted by Crippen LogP contribution is -2.38. The fourth-order valence-electron chi connectivity index (χ4n) is 0.884. The first-order valence-corrected chi connectivity index (χ1v) is 3.71. The standard InChI is InChI=1S/C7H10N2O4/c1-4(10)12-6-7(9-3-8-6)13-5(2)11/h3,6-7H,1-2H3,(H,8,9). The number of nitrogens with one attached hydrogen (secondary N) is 1. The summed E-state index contributed by atoms with van der Waals surface area (Å²) in [5.41, 5.74) is 0. The Balaban J connectivity index is 2.47. The number of carbonyl (C=O) groups excluding carboxylic acids is 2. The highest BCUT2D eigenvalue weighted by atomic mass is 16.6. The third-order valence-electron chi connectivity index (χ3n) is 1.30. The number of ether oxygens (including phenoxy) is 2. The molecule has 13 heavy (non-hydrogen) atoms. The van der Waals surface area contributed by atoms with Crippen LogP contribution in [0, 0.1) is 0 Å². The molecule has 2 atom stereocenters. The van der Waals surface area contributed by atoms with Crippen molar-refractivity contribution < 1.29 is 19.1 Å². The van der Waals surface area contributed by atoms with Crippen molar-refractivity contribution >= 4 is 18.3 Å². The minimum absolute atomic E-state index is 0.458. The molecule has 6 heteroatoms. The van der Waals surface area contributed by atoms with E-state index < -0.39 is 24.4 Å². The van der Waals surface area contributed by atoms with Crippen molar-refractivity contribution in [2.24, 2.45) is 4.99 Å². The summed E-state index contributed by atoms with van der Waals surface area (Å²) < 4.78 is 9.52. The molecular formula is C7H10N2O4. The highest BCUT2D eigenvalue weighted by Gasteiger charge is 2.28. The SMILES string of the molecule is CC(=O)OC1N=CNC1OC(C)=O. The van der Waals surface area contributed by atoms with E-state index in [0.29, 0.717) is 0 Å². The normalized spacial score (nSPS) is 25.1. The predicted molar refractivity (Wildman–Crippen MR) is 42.7 cm³/mol. The van der Waals surface area contributed by atoms with Crippen molar-refractivity contribution in [3.63, 3.8) is 0 Å². The second-order valence-corrected chi connectivity index (χ2v) is 2.47. The number of rotatable bonds is 2. The Labute approximate surface area is 74.9 Å². The molecule has 0 saturated heterocycles. The molecule has 1 heterocycles. The molecule has 0 spiro atoms. The van der Waals surface area contributed by atoms with Crippen molar-refractivity contribution in [3.05, 3.63) is 0 Å². The Bertz CT molecular complexity index is 251. The third-order valence-corrected chi connectivity index (χ3v) is 1.30. The second-order valence-electron chi connectivity index (χ2n) is 2.47. The summed E-state index contributed by atoms with van der Waals surface area (Å²) >= 11 is 0. The Morgan fingerprint density at radius 1 is 1.31 bits per heavy atom. The zero-order valence-electron chi connectivity index (χ0n) is 7.31. The van der Waals surface area contributed by atoms with Gasteiger partial charge in [0, 0.05) is 13.8 Å². The van der Waals surface area contributed by atoms with Gasteiger partial charge in [-0.25, -0.2) is 4.99 Å². The molecule has 2 unspecified atom stereocenters. The molecule has 0 saturated carbocycles. The van der Waals surface area contributed by atoms with E-state index >= 15 is 0 Å². The molecule has 0 fully saturated rings. The summed E-state index contributed by atoms with van der Waals surface area (Å²) in [6, 6.07) is 0. The number of aliphatic imine (C=N–C) groups is 1. The first kappa shape index (κ1) is 9.50. The van der Waals surface area contributed by atoms with Gasteiger partial charge in [-0.05, 0) is 0 Å². The minimum Gasteiger partial charge on any atom is -0.436 e. The Hall–Kier alpha value is -1.59. The molecule has 6 nitrogen and oxygen atoms in total. The topological polar surface area (TPSA) is 77.0 Å². The molecule has 1 aliphatic heterocycles. The lowest BCUT2D eigenvalue weighted by atomic mass is 10.5. The summed E-state index contributed by atoms with van der Waals surface area (Å²) in [6.07, 6.45) is -0.149. The Morgan fingerprint density at radius 3 is 2.46 bits per heavy atom. The summed E-state index contributed by atoms with van der Waals surface area (Å²) in [5.74, 6) is -0.928. The van der Waals surface area contributed by atoms with E-state index in [2.05, 4.69) is 10.3 Å². The van der Waals surface area contributed by atoms with Crippen LogP contribution in [0.1, 0.15) is 13.8 Å². The van der Waals surface area contributed by atoms with Crippen LogP contribution in [0.15, 0.2) is 4.99 Å². The van der Waals surface area contributed by atoms with Crippen LogP contribution in [0.3, 0.4) is 0 Å². The van der Waals surface area contributed by atoms with Gasteiger partial charge in [-0.3, -0.25) is 9.59 Å². The maximum absolute atomic E-state index is 10.6. The van der Waals surface area contributed by atoms with Crippen molar-refractivity contribution in [3.8, 4) is 0 Å². The third kappa shape index (κ3) is 2.73. The number of nitrogens with zero attached hydrogens (tertiary/aromatic N) is 1. The van der Waals surface area contributed by atoms with Gasteiger partial charge >= 0.3 is 11.9 Å². The summed E-state index contributed by atoms with van der Waals surface area (Å²) in [4.78, 5) is 24.9. The van der Waals surface area contributed by atoms with Gasteiger partial charge in [-0.2, -0.15) is 0 Å². The van der Waals surface area contributed by atoms with E-state index in [9.17, 15) is 9.59 Å². The van der Waals surface area contributed by atoms with Gasteiger partial charge in [0.05, 0.1) is 6.34 Å². The highest BCUT2D eigenvalue weighted by Crippen LogP contribution is 2.07. The predicted octanol–water partition coefficient (Wildman–Crippen LogP) is -0.604. The van der Waals surface area contributed by atoms with Crippen LogP contribution < -0.4 is 5.32 Å². The van der Waals surface area contributed by atoms with E-state index in [1.54, 1.807) is 0 Å². The van der Waals surface area contributed by atoms with E-state index in [1.807, 2.05) is 0 Å². The highest BCUT2D eigenvalue weighted by molar-refractivity contribution is 5.69. The molecule has 1 N–H and O–H groups in total. The maximum atomic E-state index is 10.6. The number of carbonyl (C=O) groups is 2. The van der Waals surface area contributed by atoms with Crippen LogP contribution in [-0.4, -0.2) is 30.7 Å². The number of esters is 2. The van der Waals surface area contributed by atoms with Gasteiger partial charge in [0.1, 0.15) is 0 Å². The molecule has 0 aliphatic carbocycles. The van der Waals surface area contributed by atoms with Crippen LogP contribution in [0.2, 0.25) is 0 Å². The monoisotopic (exact) mass is 186 g/mol. The zero-order valence-corrected chi connectivity index (χ0v) is 7.31. The average molecular weight is 186 g/mol. The zero-order chi connectivity index (χ0) is 9.84. The van der Waals surface area contributed by atoms with Crippen molar-refractivity contribution in [2.45, 2.75) is 26.3 Å². The Morgan fingerprint density at radius 2 is 1.92 bits per heavy atom. The number of hydrogen-bond acceptors (Lipinski definition) is 6. The van der Waals surface area contributed by atoms with E-state index in [0.717, 1.165) is 0 Å². The van der Waals surface area contributed by atoms with Crippen molar-refractivity contribution in [1.29, 1.82) is 0 Å². The second kappa shape index (κ2) is 3.88. The lowest BCUT2D eigenvalue weighted by molar-refractivity contribution is -0.164. The van der Waals surface area contributed by atoms with Gasteiger partial charge in [0.2, 0.25) is 12.5 Å². The van der Waals surface area contributed by atoms with Crippen LogP contribution in [-0.2, 0) is 19.1 Å². The van der Waals surface area contributed by atoms with Gasteiger partial charge in [-0.15, -0.1) is 0 Å². The average Bonchev–Trinajstić information content (AvgIpc) is 2.34. The van der Waals surface area contributed by atoms with E-state index in [1.165, 1.54) is 20.2 Å². The van der Waals surface area contributed by atoms with E-state index in [4.69, 9.17) is 9.47 Å². The number of hydrogen-bond donors (Lipinski definition) is 1. The molecule has 0 aromatic heterocycles. The molecule has 0 radical (unpaired) electrons. The van der Waals surface area contributed by atoms with Crippen LogP contribution >= 0.6 is 0 Å². The lowest BCUT2D eigenvalue weighted by Gasteiger charge is -2.17. The van der Waals surface area contributed by atoms with Crippen LogP contribution in [0.4, 0.5) is 0 Å². The van der Waals surface area contributed by atoms with Gasteiger partial charge in [-0.1, -0.05) is 0 Å². The summed E-state index contributed by atoms with van der Waals surface area (Å²) in [5, 5.41) is 2.63. The molecule has 0 aromatic carbocycles.